The summed E-state index contributed by atoms with van der Waals surface area (Å²) in [4.78, 5) is 21.1. The molecular weight excluding hydrogens is 199 g/mol. The summed E-state index contributed by atoms with van der Waals surface area (Å²) in [7, 11) is 1.22. The number of benzene rings is 1. The molecule has 0 fully saturated rings. The molecule has 0 unspecified atom stereocenters. The predicted octanol–water partition coefficient (Wildman–Crippen LogP) is 1.82. The Labute approximate surface area is 86.2 Å². The number of halogens is 1. The number of carbonyl (C=O) groups is 2. The smallest absolute Gasteiger partial charge is 0.337 e. The molecule has 0 saturated heterocycles. The summed E-state index contributed by atoms with van der Waals surface area (Å²) in [5.41, 5.74) is 0.382. The lowest BCUT2D eigenvalue weighted by Crippen LogP contribution is -2.01. The number of hydrogen-bond donors (Lipinski definition) is 0. The van der Waals surface area contributed by atoms with Crippen LogP contribution in [0.15, 0.2) is 24.3 Å². The molecule has 0 aliphatic rings. The van der Waals surface area contributed by atoms with Gasteiger partial charge in [0.2, 0.25) is 0 Å². The van der Waals surface area contributed by atoms with Gasteiger partial charge in [0.15, 0.2) is 0 Å². The Balaban J connectivity index is 3.02. The minimum Gasteiger partial charge on any atom is -0.465 e. The van der Waals surface area contributed by atoms with E-state index in [1.165, 1.54) is 31.4 Å². The quantitative estimate of drug-likeness (QED) is 0.432. The first-order valence-corrected chi connectivity index (χ1v) is 4.18. The monoisotopic (exact) mass is 208 g/mol. The number of methoxy groups -OCH3 is 1. The highest BCUT2D eigenvalue weighted by Crippen LogP contribution is 2.12. The first-order chi connectivity index (χ1) is 7.19. The van der Waals surface area contributed by atoms with E-state index >= 15 is 0 Å². The average Bonchev–Trinajstić information content (AvgIpc) is 2.26. The number of ether oxygens (including phenoxy) is 1. The fourth-order valence-corrected chi connectivity index (χ4v) is 1.05. The summed E-state index contributed by atoms with van der Waals surface area (Å²) in [5, 5.41) is 0. The number of carbonyl (C=O) groups excluding carboxylic acids is 2. The van der Waals surface area contributed by atoms with Gasteiger partial charge >= 0.3 is 5.97 Å². The molecule has 78 valence electrons. The van der Waals surface area contributed by atoms with E-state index in [1.807, 2.05) is 0 Å². The van der Waals surface area contributed by atoms with Gasteiger partial charge in [0, 0.05) is 5.56 Å². The molecule has 0 atom stereocenters. The van der Waals surface area contributed by atoms with Crippen molar-refractivity contribution in [2.75, 3.05) is 7.11 Å². The zero-order valence-corrected chi connectivity index (χ0v) is 8.07. The number of aldehydes is 1. The number of allylic oxidation sites excluding steroid dienone is 1. The molecule has 3 nitrogen and oxygen atoms in total. The van der Waals surface area contributed by atoms with Crippen molar-refractivity contribution in [2.45, 2.75) is 0 Å². The molecule has 0 saturated carbocycles. The first kappa shape index (κ1) is 11.1. The highest BCUT2D eigenvalue weighted by molar-refractivity contribution is 5.89. The third-order valence-corrected chi connectivity index (χ3v) is 1.78. The molecule has 0 aliphatic heterocycles. The van der Waals surface area contributed by atoms with Gasteiger partial charge in [-0.25, -0.2) is 9.18 Å². The third kappa shape index (κ3) is 2.74. The second-order valence-corrected chi connectivity index (χ2v) is 2.72. The zero-order chi connectivity index (χ0) is 11.3. The lowest BCUT2D eigenvalue weighted by molar-refractivity contribution is -0.104. The molecule has 0 amide bonds. The predicted molar refractivity (Wildman–Crippen MR) is 52.8 cm³/mol. The Morgan fingerprint density at radius 1 is 1.47 bits per heavy atom. The molecule has 0 radical (unpaired) electrons. The maximum Gasteiger partial charge on any atom is 0.337 e. The lowest BCUT2D eigenvalue weighted by atomic mass is 10.1. The van der Waals surface area contributed by atoms with Crippen LogP contribution in [0.4, 0.5) is 4.39 Å². The molecule has 1 aromatic rings. The van der Waals surface area contributed by atoms with Crippen LogP contribution in [0.3, 0.4) is 0 Å². The number of esters is 1. The van der Waals surface area contributed by atoms with Crippen LogP contribution in [0.25, 0.3) is 6.08 Å². The van der Waals surface area contributed by atoms with E-state index in [0.717, 1.165) is 6.07 Å². The van der Waals surface area contributed by atoms with E-state index in [1.54, 1.807) is 0 Å². The molecule has 0 N–H and O–H groups in total. The van der Waals surface area contributed by atoms with E-state index in [-0.39, 0.29) is 11.1 Å². The SMILES string of the molecule is COC(=O)c1ccc(C=CC=O)c(F)c1. The second kappa shape index (κ2) is 5.05. The summed E-state index contributed by atoms with van der Waals surface area (Å²) in [6.45, 7) is 0. The molecular formula is C11H9FO3. The van der Waals surface area contributed by atoms with Crippen LogP contribution in [0.1, 0.15) is 15.9 Å². The van der Waals surface area contributed by atoms with Gasteiger partial charge in [-0.2, -0.15) is 0 Å². The van der Waals surface area contributed by atoms with Crippen LogP contribution in [-0.2, 0) is 9.53 Å². The Morgan fingerprint density at radius 3 is 2.73 bits per heavy atom. The molecule has 1 aromatic carbocycles. The van der Waals surface area contributed by atoms with Gasteiger partial charge in [0.1, 0.15) is 12.1 Å². The van der Waals surface area contributed by atoms with Gasteiger partial charge in [0.05, 0.1) is 12.7 Å². The minimum absolute atomic E-state index is 0.137. The summed E-state index contributed by atoms with van der Waals surface area (Å²) >= 11 is 0. The van der Waals surface area contributed by atoms with Crippen LogP contribution < -0.4 is 0 Å². The Kier molecular flexibility index (Phi) is 3.74. The molecule has 0 spiro atoms. The molecule has 4 heteroatoms. The van der Waals surface area contributed by atoms with Crippen molar-refractivity contribution < 1.29 is 18.7 Å². The summed E-state index contributed by atoms with van der Waals surface area (Å²) in [6, 6.07) is 3.90. The van der Waals surface area contributed by atoms with Gasteiger partial charge in [-0.3, -0.25) is 4.79 Å². The molecule has 0 aromatic heterocycles. The van der Waals surface area contributed by atoms with E-state index in [2.05, 4.69) is 4.74 Å². The first-order valence-electron chi connectivity index (χ1n) is 4.18. The van der Waals surface area contributed by atoms with Gasteiger partial charge in [-0.1, -0.05) is 6.07 Å². The van der Waals surface area contributed by atoms with Gasteiger partial charge in [-0.05, 0) is 24.3 Å². The van der Waals surface area contributed by atoms with Crippen molar-refractivity contribution in [1.29, 1.82) is 0 Å². The van der Waals surface area contributed by atoms with Crippen molar-refractivity contribution in [3.05, 3.63) is 41.2 Å². The largest absolute Gasteiger partial charge is 0.465 e. The topological polar surface area (TPSA) is 43.4 Å². The average molecular weight is 208 g/mol. The Hall–Kier alpha value is -1.97. The van der Waals surface area contributed by atoms with Crippen LogP contribution in [0.2, 0.25) is 0 Å². The van der Waals surface area contributed by atoms with Crippen molar-refractivity contribution in [1.82, 2.24) is 0 Å². The normalized spacial score (nSPS) is 10.3. The van der Waals surface area contributed by atoms with Crippen LogP contribution >= 0.6 is 0 Å². The van der Waals surface area contributed by atoms with Crippen molar-refractivity contribution in [3.63, 3.8) is 0 Å². The minimum atomic E-state index is -0.597. The maximum absolute atomic E-state index is 13.3. The second-order valence-electron chi connectivity index (χ2n) is 2.72. The van der Waals surface area contributed by atoms with E-state index in [0.29, 0.717) is 6.29 Å². The van der Waals surface area contributed by atoms with E-state index < -0.39 is 11.8 Å². The van der Waals surface area contributed by atoms with Crippen molar-refractivity contribution >= 4 is 18.3 Å². The zero-order valence-electron chi connectivity index (χ0n) is 8.07. The fourth-order valence-electron chi connectivity index (χ4n) is 1.05. The number of hydrogen-bond acceptors (Lipinski definition) is 3. The third-order valence-electron chi connectivity index (χ3n) is 1.78. The van der Waals surface area contributed by atoms with Gasteiger partial charge in [-0.15, -0.1) is 0 Å². The van der Waals surface area contributed by atoms with E-state index in [4.69, 9.17) is 0 Å². The lowest BCUT2D eigenvalue weighted by Gasteiger charge is -2.01. The maximum atomic E-state index is 13.3. The molecule has 0 aliphatic carbocycles. The molecule has 0 bridgehead atoms. The molecule has 0 heterocycles. The van der Waals surface area contributed by atoms with Crippen LogP contribution in [0, 0.1) is 5.82 Å². The van der Waals surface area contributed by atoms with Crippen molar-refractivity contribution in [3.8, 4) is 0 Å². The van der Waals surface area contributed by atoms with Crippen LogP contribution in [-0.4, -0.2) is 19.4 Å². The van der Waals surface area contributed by atoms with Crippen molar-refractivity contribution in [2.24, 2.45) is 0 Å². The summed E-state index contributed by atoms with van der Waals surface area (Å²) < 4.78 is 17.7. The Bertz CT molecular complexity index is 410. The van der Waals surface area contributed by atoms with Gasteiger partial charge in [0.25, 0.3) is 0 Å². The van der Waals surface area contributed by atoms with Gasteiger partial charge < -0.3 is 4.74 Å². The van der Waals surface area contributed by atoms with E-state index in [9.17, 15) is 14.0 Å². The molecule has 15 heavy (non-hydrogen) atoms. The highest BCUT2D eigenvalue weighted by atomic mass is 19.1. The summed E-state index contributed by atoms with van der Waals surface area (Å²) in [6.07, 6.45) is 3.05. The fraction of sp³-hybridized carbons (Fsp3) is 0.0909. The van der Waals surface area contributed by atoms with Crippen LogP contribution in [0.5, 0.6) is 0 Å². The number of rotatable bonds is 3. The molecule has 1 rings (SSSR count). The Morgan fingerprint density at radius 2 is 2.20 bits per heavy atom. The highest BCUT2D eigenvalue weighted by Gasteiger charge is 2.07. The standard InChI is InChI=1S/C11H9FO3/c1-15-11(14)9-5-4-8(3-2-6-13)10(12)7-9/h2-7H,1H3. The summed E-state index contributed by atoms with van der Waals surface area (Å²) in [5.74, 6) is -1.17.